The van der Waals surface area contributed by atoms with E-state index in [1.807, 2.05) is 11.8 Å². The van der Waals surface area contributed by atoms with Gasteiger partial charge in [0, 0.05) is 19.0 Å². The largest absolute Gasteiger partial charge is 0.381 e. The lowest BCUT2D eigenvalue weighted by atomic mass is 9.93. The minimum atomic E-state index is 0.276. The molecule has 0 radical (unpaired) electrons. The molecule has 2 aliphatic heterocycles. The summed E-state index contributed by atoms with van der Waals surface area (Å²) < 4.78 is 5.42. The van der Waals surface area contributed by atoms with Gasteiger partial charge in [-0.25, -0.2) is 0 Å². The fourth-order valence-corrected chi connectivity index (χ4v) is 3.24. The van der Waals surface area contributed by atoms with Crippen molar-refractivity contribution in [2.45, 2.75) is 45.2 Å². The number of rotatable bonds is 2. The lowest BCUT2D eigenvalue weighted by Gasteiger charge is -2.32. The number of amidine groups is 1. The minimum Gasteiger partial charge on any atom is -0.381 e. The van der Waals surface area contributed by atoms with Crippen LogP contribution in [0.4, 0.5) is 0 Å². The summed E-state index contributed by atoms with van der Waals surface area (Å²) in [4.78, 5) is 4.75. The number of nitrogens with one attached hydrogen (secondary N) is 1. The first-order valence-corrected chi connectivity index (χ1v) is 7.16. The first-order valence-electron chi connectivity index (χ1n) is 6.18. The van der Waals surface area contributed by atoms with Crippen LogP contribution in [0.5, 0.6) is 0 Å². The first-order chi connectivity index (χ1) is 7.61. The molecule has 3 nitrogen and oxygen atoms in total. The Morgan fingerprint density at radius 2 is 2.00 bits per heavy atom. The van der Waals surface area contributed by atoms with Crippen LogP contribution in [0.3, 0.4) is 0 Å². The van der Waals surface area contributed by atoms with Crippen molar-refractivity contribution < 1.29 is 4.74 Å². The van der Waals surface area contributed by atoms with Gasteiger partial charge in [0.1, 0.15) is 0 Å². The van der Waals surface area contributed by atoms with Crippen LogP contribution in [0.15, 0.2) is 4.99 Å². The van der Waals surface area contributed by atoms with Crippen molar-refractivity contribution in [3.8, 4) is 0 Å². The molecule has 92 valence electrons. The summed E-state index contributed by atoms with van der Waals surface area (Å²) in [6.45, 7) is 8.41. The van der Waals surface area contributed by atoms with E-state index in [4.69, 9.17) is 9.73 Å². The molecular formula is C12H22N2OS. The van der Waals surface area contributed by atoms with E-state index in [2.05, 4.69) is 26.1 Å². The summed E-state index contributed by atoms with van der Waals surface area (Å²) >= 11 is 1.88. The molecule has 4 heteroatoms. The van der Waals surface area contributed by atoms with Gasteiger partial charge < -0.3 is 10.1 Å². The third-order valence-electron chi connectivity index (χ3n) is 3.59. The maximum atomic E-state index is 5.42. The van der Waals surface area contributed by atoms with E-state index < -0.39 is 0 Å². The third kappa shape index (κ3) is 2.72. The highest BCUT2D eigenvalue weighted by Crippen LogP contribution is 2.32. The Hall–Kier alpha value is -0.220. The fourth-order valence-electron chi connectivity index (χ4n) is 1.94. The molecule has 1 spiro atoms. The van der Waals surface area contributed by atoms with Gasteiger partial charge in [0.25, 0.3) is 0 Å². The van der Waals surface area contributed by atoms with Gasteiger partial charge in [0.15, 0.2) is 5.17 Å². The summed E-state index contributed by atoms with van der Waals surface area (Å²) in [5.74, 6) is 1.76. The van der Waals surface area contributed by atoms with Crippen LogP contribution >= 0.6 is 11.8 Å². The van der Waals surface area contributed by atoms with Crippen LogP contribution in [-0.2, 0) is 4.74 Å². The van der Waals surface area contributed by atoms with E-state index in [0.29, 0.717) is 12.0 Å². The maximum Gasteiger partial charge on any atom is 0.157 e. The predicted octanol–water partition coefficient (Wildman–Crippen LogP) is 2.27. The molecule has 0 amide bonds. The molecule has 1 atom stereocenters. The summed E-state index contributed by atoms with van der Waals surface area (Å²) in [5.41, 5.74) is 0.276. The lowest BCUT2D eigenvalue weighted by molar-refractivity contribution is 0.0555. The van der Waals surface area contributed by atoms with E-state index in [-0.39, 0.29) is 5.54 Å². The van der Waals surface area contributed by atoms with Crippen LogP contribution in [0.2, 0.25) is 0 Å². The van der Waals surface area contributed by atoms with Gasteiger partial charge >= 0.3 is 0 Å². The molecule has 2 heterocycles. The normalized spacial score (nSPS) is 28.6. The molecule has 16 heavy (non-hydrogen) atoms. The zero-order valence-electron chi connectivity index (χ0n) is 10.5. The summed E-state index contributed by atoms with van der Waals surface area (Å²) in [6, 6.07) is 0.407. The standard InChI is InChI=1S/C12H22N2OS/c1-9(2)10(3)13-11-14-12(8-16-11)4-6-15-7-5-12/h9-10H,4-8H2,1-3H3,(H,13,14). The van der Waals surface area contributed by atoms with Crippen LogP contribution in [-0.4, -0.2) is 35.7 Å². The van der Waals surface area contributed by atoms with Crippen LogP contribution < -0.4 is 5.32 Å². The van der Waals surface area contributed by atoms with Crippen LogP contribution in [0.25, 0.3) is 0 Å². The third-order valence-corrected chi connectivity index (χ3v) is 4.77. The van der Waals surface area contributed by atoms with Gasteiger partial charge in [-0.2, -0.15) is 0 Å². The van der Waals surface area contributed by atoms with Crippen molar-refractivity contribution in [3.05, 3.63) is 0 Å². The van der Waals surface area contributed by atoms with Crippen LogP contribution in [0.1, 0.15) is 33.6 Å². The van der Waals surface area contributed by atoms with E-state index in [1.165, 1.54) is 0 Å². The lowest BCUT2D eigenvalue weighted by Crippen LogP contribution is -2.48. The maximum absolute atomic E-state index is 5.42. The molecule has 0 bridgehead atoms. The van der Waals surface area contributed by atoms with E-state index >= 15 is 0 Å². The molecule has 0 aromatic rings. The molecule has 2 fully saturated rings. The van der Waals surface area contributed by atoms with Crippen molar-refractivity contribution in [1.82, 2.24) is 5.32 Å². The van der Waals surface area contributed by atoms with E-state index in [1.54, 1.807) is 0 Å². The number of hydrogen-bond donors (Lipinski definition) is 1. The molecule has 2 saturated heterocycles. The second-order valence-corrected chi connectivity index (χ2v) is 6.19. The second-order valence-electron chi connectivity index (χ2n) is 5.23. The Bertz CT molecular complexity index is 272. The fraction of sp³-hybridized carbons (Fsp3) is 0.917. The number of aliphatic imine (C=N–C) groups is 1. The Balaban J connectivity index is 1.96. The van der Waals surface area contributed by atoms with E-state index in [9.17, 15) is 0 Å². The zero-order chi connectivity index (χ0) is 11.6. The molecular weight excluding hydrogens is 220 g/mol. The molecule has 0 aliphatic carbocycles. The number of hydrogen-bond acceptors (Lipinski definition) is 3. The molecule has 1 N–H and O–H groups in total. The summed E-state index contributed by atoms with van der Waals surface area (Å²) in [5, 5.41) is 4.77. The quantitative estimate of drug-likeness (QED) is 0.806. The average molecular weight is 242 g/mol. The van der Waals surface area contributed by atoms with Crippen molar-refractivity contribution in [2.24, 2.45) is 10.9 Å². The summed E-state index contributed by atoms with van der Waals surface area (Å²) in [7, 11) is 0. The topological polar surface area (TPSA) is 33.6 Å². The zero-order valence-corrected chi connectivity index (χ0v) is 11.3. The monoisotopic (exact) mass is 242 g/mol. The summed E-state index contributed by atoms with van der Waals surface area (Å²) in [6.07, 6.45) is 2.24. The Morgan fingerprint density at radius 1 is 1.31 bits per heavy atom. The van der Waals surface area contributed by atoms with Crippen molar-refractivity contribution in [2.75, 3.05) is 19.0 Å². The first kappa shape index (κ1) is 12.2. The average Bonchev–Trinajstić information content (AvgIpc) is 2.62. The number of nitrogens with zero attached hydrogens (tertiary/aromatic N) is 1. The highest BCUT2D eigenvalue weighted by atomic mass is 32.2. The van der Waals surface area contributed by atoms with Gasteiger partial charge in [-0.15, -0.1) is 0 Å². The Kier molecular flexibility index (Phi) is 3.80. The van der Waals surface area contributed by atoms with Gasteiger partial charge in [0.05, 0.1) is 11.6 Å². The van der Waals surface area contributed by atoms with Gasteiger partial charge in [-0.3, -0.25) is 4.99 Å². The SMILES string of the molecule is CC(C)C(C)N=C1NC2(CCOCC2)CS1. The molecule has 0 saturated carbocycles. The molecule has 2 rings (SSSR count). The predicted molar refractivity (Wildman–Crippen MR) is 70.1 cm³/mol. The number of ether oxygens (including phenoxy) is 1. The highest BCUT2D eigenvalue weighted by Gasteiger charge is 2.38. The van der Waals surface area contributed by atoms with Gasteiger partial charge in [-0.1, -0.05) is 25.6 Å². The van der Waals surface area contributed by atoms with Crippen LogP contribution in [0, 0.1) is 5.92 Å². The molecule has 1 unspecified atom stereocenters. The van der Waals surface area contributed by atoms with Crippen molar-refractivity contribution in [1.29, 1.82) is 0 Å². The van der Waals surface area contributed by atoms with Gasteiger partial charge in [-0.05, 0) is 25.7 Å². The highest BCUT2D eigenvalue weighted by molar-refractivity contribution is 8.14. The molecule has 0 aromatic heterocycles. The second kappa shape index (κ2) is 4.96. The van der Waals surface area contributed by atoms with Crippen molar-refractivity contribution >= 4 is 16.9 Å². The number of thioether (sulfide) groups is 1. The van der Waals surface area contributed by atoms with Crippen molar-refractivity contribution in [3.63, 3.8) is 0 Å². The molecule has 2 aliphatic rings. The minimum absolute atomic E-state index is 0.276. The van der Waals surface area contributed by atoms with Gasteiger partial charge in [0.2, 0.25) is 0 Å². The molecule has 0 aromatic carbocycles. The smallest absolute Gasteiger partial charge is 0.157 e. The Labute approximate surface area is 102 Å². The Morgan fingerprint density at radius 3 is 2.62 bits per heavy atom. The van der Waals surface area contributed by atoms with E-state index in [0.717, 1.165) is 37.0 Å².